The summed E-state index contributed by atoms with van der Waals surface area (Å²) in [5.74, 6) is 0.722. The minimum absolute atomic E-state index is 0.179. The van der Waals surface area contributed by atoms with Crippen molar-refractivity contribution < 1.29 is 9.84 Å². The van der Waals surface area contributed by atoms with Gasteiger partial charge in [0.1, 0.15) is 0 Å². The van der Waals surface area contributed by atoms with E-state index in [9.17, 15) is 0 Å². The number of hydrogen-bond donors (Lipinski definition) is 2. The smallest absolute Gasteiger partial charge is 0.0468 e. The molecular weight excluding hydrogens is 154 g/mol. The van der Waals surface area contributed by atoms with Crippen LogP contribution in [-0.4, -0.2) is 31.0 Å². The Morgan fingerprint density at radius 3 is 2.67 bits per heavy atom. The van der Waals surface area contributed by atoms with E-state index in [1.54, 1.807) is 0 Å². The molecule has 3 N–H and O–H groups in total. The number of rotatable bonds is 4. The molecule has 0 aromatic rings. The topological polar surface area (TPSA) is 55.5 Å². The van der Waals surface area contributed by atoms with E-state index in [2.05, 4.69) is 0 Å². The van der Waals surface area contributed by atoms with E-state index >= 15 is 0 Å². The highest BCUT2D eigenvalue weighted by atomic mass is 16.5. The maximum absolute atomic E-state index is 8.66. The molecule has 1 saturated heterocycles. The van der Waals surface area contributed by atoms with Crippen LogP contribution in [0, 0.1) is 5.92 Å². The first-order chi connectivity index (χ1) is 5.83. The zero-order chi connectivity index (χ0) is 8.81. The highest BCUT2D eigenvalue weighted by Gasteiger charge is 2.16. The standard InChI is InChI=1S/C9H19NO2/c10-9(1-4-11)7-8-2-5-12-6-3-8/h8-9,11H,1-7,10H2. The van der Waals surface area contributed by atoms with Crippen LogP contribution >= 0.6 is 0 Å². The Labute approximate surface area is 73.9 Å². The zero-order valence-electron chi connectivity index (χ0n) is 7.54. The van der Waals surface area contributed by atoms with Crippen LogP contribution in [0.25, 0.3) is 0 Å². The summed E-state index contributed by atoms with van der Waals surface area (Å²) < 4.78 is 5.25. The largest absolute Gasteiger partial charge is 0.396 e. The average Bonchev–Trinajstić information content (AvgIpc) is 2.06. The Bertz CT molecular complexity index is 113. The Morgan fingerprint density at radius 1 is 1.42 bits per heavy atom. The Kier molecular flexibility index (Phi) is 4.58. The van der Waals surface area contributed by atoms with Crippen LogP contribution < -0.4 is 5.73 Å². The molecule has 1 aliphatic rings. The predicted molar refractivity (Wildman–Crippen MR) is 47.8 cm³/mol. The van der Waals surface area contributed by atoms with Crippen molar-refractivity contribution in [1.29, 1.82) is 0 Å². The zero-order valence-corrected chi connectivity index (χ0v) is 7.54. The van der Waals surface area contributed by atoms with Crippen LogP contribution in [0.15, 0.2) is 0 Å². The first-order valence-electron chi connectivity index (χ1n) is 4.77. The Hall–Kier alpha value is -0.120. The van der Waals surface area contributed by atoms with Gasteiger partial charge in [0.25, 0.3) is 0 Å². The van der Waals surface area contributed by atoms with Gasteiger partial charge in [-0.05, 0) is 31.6 Å². The van der Waals surface area contributed by atoms with Gasteiger partial charge in [0.2, 0.25) is 0 Å². The SMILES string of the molecule is NC(CCO)CC1CCOCC1. The third kappa shape index (κ3) is 3.52. The van der Waals surface area contributed by atoms with E-state index in [-0.39, 0.29) is 12.6 Å². The molecule has 0 amide bonds. The van der Waals surface area contributed by atoms with Gasteiger partial charge < -0.3 is 15.6 Å². The van der Waals surface area contributed by atoms with Crippen LogP contribution in [-0.2, 0) is 4.74 Å². The van der Waals surface area contributed by atoms with Gasteiger partial charge >= 0.3 is 0 Å². The quantitative estimate of drug-likeness (QED) is 0.651. The average molecular weight is 173 g/mol. The van der Waals surface area contributed by atoms with Crippen molar-refractivity contribution in [2.45, 2.75) is 31.7 Å². The van der Waals surface area contributed by atoms with Crippen LogP contribution in [0.1, 0.15) is 25.7 Å². The van der Waals surface area contributed by atoms with Crippen molar-refractivity contribution in [3.8, 4) is 0 Å². The molecule has 3 heteroatoms. The van der Waals surface area contributed by atoms with Crippen LogP contribution in [0.2, 0.25) is 0 Å². The first kappa shape index (κ1) is 9.96. The third-order valence-electron chi connectivity index (χ3n) is 2.48. The van der Waals surface area contributed by atoms with Gasteiger partial charge in [0.15, 0.2) is 0 Å². The molecule has 0 aromatic heterocycles. The molecule has 12 heavy (non-hydrogen) atoms. The lowest BCUT2D eigenvalue weighted by atomic mass is 9.92. The van der Waals surface area contributed by atoms with Gasteiger partial charge in [-0.2, -0.15) is 0 Å². The number of aliphatic hydroxyl groups is 1. The fraction of sp³-hybridized carbons (Fsp3) is 1.00. The fourth-order valence-corrected chi connectivity index (χ4v) is 1.69. The molecule has 0 aliphatic carbocycles. The molecular formula is C9H19NO2. The molecule has 1 rings (SSSR count). The molecule has 72 valence electrons. The van der Waals surface area contributed by atoms with Crippen molar-refractivity contribution in [2.75, 3.05) is 19.8 Å². The number of nitrogens with two attached hydrogens (primary N) is 1. The highest BCUT2D eigenvalue weighted by molar-refractivity contribution is 4.70. The third-order valence-corrected chi connectivity index (χ3v) is 2.48. The fourth-order valence-electron chi connectivity index (χ4n) is 1.69. The molecule has 0 bridgehead atoms. The van der Waals surface area contributed by atoms with Crippen molar-refractivity contribution in [3.63, 3.8) is 0 Å². The molecule has 1 heterocycles. The number of hydrogen-bond acceptors (Lipinski definition) is 3. The van der Waals surface area contributed by atoms with Gasteiger partial charge in [-0.3, -0.25) is 0 Å². The maximum Gasteiger partial charge on any atom is 0.0468 e. The molecule has 0 radical (unpaired) electrons. The molecule has 1 atom stereocenters. The summed E-state index contributed by atoms with van der Waals surface area (Å²) in [5, 5.41) is 8.66. The normalized spacial score (nSPS) is 22.5. The summed E-state index contributed by atoms with van der Waals surface area (Å²) in [5.41, 5.74) is 5.81. The van der Waals surface area contributed by atoms with Gasteiger partial charge in [0, 0.05) is 25.9 Å². The summed E-state index contributed by atoms with van der Waals surface area (Å²) in [6, 6.07) is 0.179. The molecule has 1 aliphatic heterocycles. The van der Waals surface area contributed by atoms with E-state index in [1.807, 2.05) is 0 Å². The minimum Gasteiger partial charge on any atom is -0.396 e. The minimum atomic E-state index is 0.179. The second-order valence-corrected chi connectivity index (χ2v) is 3.56. The molecule has 1 unspecified atom stereocenters. The Morgan fingerprint density at radius 2 is 2.08 bits per heavy atom. The van der Waals surface area contributed by atoms with Crippen molar-refractivity contribution in [2.24, 2.45) is 11.7 Å². The summed E-state index contributed by atoms with van der Waals surface area (Å²) in [7, 11) is 0. The lowest BCUT2D eigenvalue weighted by molar-refractivity contribution is 0.0610. The summed E-state index contributed by atoms with van der Waals surface area (Å²) in [6.45, 7) is 1.98. The lowest BCUT2D eigenvalue weighted by Crippen LogP contribution is -2.27. The monoisotopic (exact) mass is 173 g/mol. The van der Waals surface area contributed by atoms with E-state index in [0.717, 1.165) is 44.8 Å². The number of ether oxygens (including phenoxy) is 1. The predicted octanol–water partition coefficient (Wildman–Crippen LogP) is 0.513. The van der Waals surface area contributed by atoms with Crippen molar-refractivity contribution >= 4 is 0 Å². The number of aliphatic hydroxyl groups excluding tert-OH is 1. The summed E-state index contributed by atoms with van der Waals surface area (Å²) in [6.07, 6.45) is 4.06. The maximum atomic E-state index is 8.66. The van der Waals surface area contributed by atoms with Crippen molar-refractivity contribution in [1.82, 2.24) is 0 Å². The molecule has 3 nitrogen and oxygen atoms in total. The Balaban J connectivity index is 2.11. The molecule has 0 aromatic carbocycles. The summed E-state index contributed by atoms with van der Waals surface area (Å²) >= 11 is 0. The van der Waals surface area contributed by atoms with Gasteiger partial charge in [-0.15, -0.1) is 0 Å². The van der Waals surface area contributed by atoms with Crippen LogP contribution in [0.3, 0.4) is 0 Å². The second-order valence-electron chi connectivity index (χ2n) is 3.56. The van der Waals surface area contributed by atoms with Crippen LogP contribution in [0.4, 0.5) is 0 Å². The summed E-state index contributed by atoms with van der Waals surface area (Å²) in [4.78, 5) is 0. The lowest BCUT2D eigenvalue weighted by Gasteiger charge is -2.24. The highest BCUT2D eigenvalue weighted by Crippen LogP contribution is 2.20. The van der Waals surface area contributed by atoms with Crippen LogP contribution in [0.5, 0.6) is 0 Å². The van der Waals surface area contributed by atoms with Gasteiger partial charge in [0.05, 0.1) is 0 Å². The van der Waals surface area contributed by atoms with Crippen molar-refractivity contribution in [3.05, 3.63) is 0 Å². The first-order valence-corrected chi connectivity index (χ1v) is 4.77. The molecule has 1 fully saturated rings. The molecule has 0 saturated carbocycles. The van der Waals surface area contributed by atoms with Gasteiger partial charge in [-0.1, -0.05) is 0 Å². The van der Waals surface area contributed by atoms with Gasteiger partial charge in [-0.25, -0.2) is 0 Å². The molecule has 0 spiro atoms. The van der Waals surface area contributed by atoms with E-state index in [4.69, 9.17) is 15.6 Å². The van der Waals surface area contributed by atoms with E-state index < -0.39 is 0 Å². The second kappa shape index (κ2) is 5.51. The van der Waals surface area contributed by atoms with E-state index in [0.29, 0.717) is 0 Å². The van der Waals surface area contributed by atoms with E-state index in [1.165, 1.54) is 0 Å².